The second-order valence-corrected chi connectivity index (χ2v) is 4.97. The molecule has 1 heterocycles. The van der Waals surface area contributed by atoms with Gasteiger partial charge in [0.05, 0.1) is 6.61 Å². The predicted molar refractivity (Wildman–Crippen MR) is 73.0 cm³/mol. The first-order valence-electron chi connectivity index (χ1n) is 6.97. The molecule has 4 atom stereocenters. The molecule has 0 aromatic carbocycles. The molecule has 23 heavy (non-hydrogen) atoms. The van der Waals surface area contributed by atoms with Gasteiger partial charge in [-0.2, -0.15) is 0 Å². The van der Waals surface area contributed by atoms with E-state index in [0.29, 0.717) is 0 Å². The second kappa shape index (κ2) is 8.47. The average Bonchev–Trinajstić information content (AvgIpc) is 2.39. The zero-order chi connectivity index (χ0) is 17.6. The second-order valence-electron chi connectivity index (χ2n) is 4.97. The van der Waals surface area contributed by atoms with Crippen molar-refractivity contribution in [3.8, 4) is 0 Å². The molecule has 9 heteroatoms. The molecule has 0 saturated carbocycles. The van der Waals surface area contributed by atoms with Crippen molar-refractivity contribution in [1.29, 1.82) is 0 Å². The van der Waals surface area contributed by atoms with Gasteiger partial charge in [0.2, 0.25) is 0 Å². The number of esters is 4. The maximum atomic E-state index is 11.3. The third kappa shape index (κ3) is 6.23. The highest BCUT2D eigenvalue weighted by Gasteiger charge is 2.47. The van der Waals surface area contributed by atoms with Gasteiger partial charge in [-0.1, -0.05) is 0 Å². The lowest BCUT2D eigenvalue weighted by molar-refractivity contribution is -0.231. The van der Waals surface area contributed by atoms with Crippen LogP contribution in [-0.4, -0.2) is 61.5 Å². The van der Waals surface area contributed by atoms with Crippen LogP contribution in [0.2, 0.25) is 0 Å². The van der Waals surface area contributed by atoms with E-state index in [0.717, 1.165) is 0 Å². The van der Waals surface area contributed by atoms with E-state index in [1.165, 1.54) is 27.7 Å². The molecule has 0 amide bonds. The van der Waals surface area contributed by atoms with Crippen LogP contribution >= 0.6 is 0 Å². The van der Waals surface area contributed by atoms with E-state index in [4.69, 9.17) is 23.7 Å². The third-order valence-corrected chi connectivity index (χ3v) is 2.90. The van der Waals surface area contributed by atoms with Crippen molar-refractivity contribution >= 4 is 23.9 Å². The molecule has 0 aliphatic carbocycles. The van der Waals surface area contributed by atoms with Crippen molar-refractivity contribution in [3.63, 3.8) is 0 Å². The number of hydrogen-bond acceptors (Lipinski definition) is 9. The van der Waals surface area contributed by atoms with Gasteiger partial charge < -0.3 is 23.7 Å². The zero-order valence-electron chi connectivity index (χ0n) is 13.4. The monoisotopic (exact) mass is 332 g/mol. The summed E-state index contributed by atoms with van der Waals surface area (Å²) >= 11 is 0. The van der Waals surface area contributed by atoms with E-state index >= 15 is 0 Å². The molecule has 1 rings (SSSR count). The van der Waals surface area contributed by atoms with E-state index < -0.39 is 48.3 Å². The molecule has 0 aromatic heterocycles. The van der Waals surface area contributed by atoms with Gasteiger partial charge in [-0.15, -0.1) is 0 Å². The van der Waals surface area contributed by atoms with Crippen molar-refractivity contribution in [2.75, 3.05) is 13.2 Å². The van der Waals surface area contributed by atoms with Gasteiger partial charge in [0, 0.05) is 27.7 Å². The van der Waals surface area contributed by atoms with Crippen LogP contribution in [0.15, 0.2) is 0 Å². The fourth-order valence-electron chi connectivity index (χ4n) is 2.16. The van der Waals surface area contributed by atoms with Gasteiger partial charge in [-0.05, 0) is 0 Å². The SMILES string of the molecule is CC(=O)OC[C@@H]1OC[C@H](OC(C)=O)[C@H](OC(C)=O)[C@H]1OC(C)=O. The third-order valence-electron chi connectivity index (χ3n) is 2.90. The molecule has 0 spiro atoms. The highest BCUT2D eigenvalue weighted by molar-refractivity contribution is 5.68. The molecular weight excluding hydrogens is 312 g/mol. The number of carbonyl (C=O) groups is 4. The summed E-state index contributed by atoms with van der Waals surface area (Å²) in [5, 5.41) is 0. The Hall–Kier alpha value is -2.16. The summed E-state index contributed by atoms with van der Waals surface area (Å²) in [5.41, 5.74) is 0. The minimum Gasteiger partial charge on any atom is -0.463 e. The minimum atomic E-state index is -1.08. The van der Waals surface area contributed by atoms with Crippen LogP contribution in [0.5, 0.6) is 0 Å². The van der Waals surface area contributed by atoms with Crippen molar-refractivity contribution < 1.29 is 42.9 Å². The van der Waals surface area contributed by atoms with Gasteiger partial charge in [-0.25, -0.2) is 0 Å². The lowest BCUT2D eigenvalue weighted by atomic mass is 9.99. The van der Waals surface area contributed by atoms with E-state index in [-0.39, 0.29) is 13.2 Å². The van der Waals surface area contributed by atoms with Crippen LogP contribution in [-0.2, 0) is 42.9 Å². The first-order chi connectivity index (χ1) is 10.7. The largest absolute Gasteiger partial charge is 0.463 e. The summed E-state index contributed by atoms with van der Waals surface area (Å²) in [7, 11) is 0. The highest BCUT2D eigenvalue weighted by Crippen LogP contribution is 2.24. The van der Waals surface area contributed by atoms with Crippen LogP contribution < -0.4 is 0 Å². The van der Waals surface area contributed by atoms with Crippen LogP contribution in [0.4, 0.5) is 0 Å². The van der Waals surface area contributed by atoms with E-state index in [1.807, 2.05) is 0 Å². The summed E-state index contributed by atoms with van der Waals surface area (Å²) < 4.78 is 25.6. The van der Waals surface area contributed by atoms with E-state index in [2.05, 4.69) is 0 Å². The van der Waals surface area contributed by atoms with Gasteiger partial charge >= 0.3 is 23.9 Å². The quantitative estimate of drug-likeness (QED) is 0.496. The van der Waals surface area contributed by atoms with Crippen LogP contribution in [0.1, 0.15) is 27.7 Å². The van der Waals surface area contributed by atoms with Gasteiger partial charge in [-0.3, -0.25) is 19.2 Å². The van der Waals surface area contributed by atoms with Crippen molar-refractivity contribution in [2.45, 2.75) is 52.1 Å². The Morgan fingerprint density at radius 2 is 1.35 bits per heavy atom. The smallest absolute Gasteiger partial charge is 0.303 e. The molecule has 0 radical (unpaired) electrons. The molecule has 0 bridgehead atoms. The topological polar surface area (TPSA) is 114 Å². The standard InChI is InChI=1S/C14H20O9/c1-7(15)19-5-11-13(22-9(3)17)14(23-10(4)18)12(6-20-11)21-8(2)16/h11-14H,5-6H2,1-4H3/t11-,12-,13-,14-/m0/s1. The predicted octanol–water partition coefficient (Wildman–Crippen LogP) is -0.257. The van der Waals surface area contributed by atoms with Gasteiger partial charge in [0.25, 0.3) is 0 Å². The molecule has 0 unspecified atom stereocenters. The summed E-state index contributed by atoms with van der Waals surface area (Å²) in [6.07, 6.45) is -3.92. The van der Waals surface area contributed by atoms with E-state index in [1.54, 1.807) is 0 Å². The first-order valence-corrected chi connectivity index (χ1v) is 6.97. The van der Waals surface area contributed by atoms with Crippen LogP contribution in [0.25, 0.3) is 0 Å². The van der Waals surface area contributed by atoms with Gasteiger partial charge in [0.15, 0.2) is 18.3 Å². The molecule has 1 fully saturated rings. The minimum absolute atomic E-state index is 0.0960. The lowest BCUT2D eigenvalue weighted by Gasteiger charge is -2.40. The maximum absolute atomic E-state index is 11.3. The average molecular weight is 332 g/mol. The number of ether oxygens (including phenoxy) is 5. The molecule has 1 aliphatic rings. The highest BCUT2D eigenvalue weighted by atomic mass is 16.7. The Morgan fingerprint density at radius 3 is 1.83 bits per heavy atom. The summed E-state index contributed by atoms with van der Waals surface area (Å²) in [5.74, 6) is -2.43. The zero-order valence-corrected chi connectivity index (χ0v) is 13.4. The van der Waals surface area contributed by atoms with Crippen molar-refractivity contribution in [1.82, 2.24) is 0 Å². The maximum Gasteiger partial charge on any atom is 0.303 e. The van der Waals surface area contributed by atoms with Gasteiger partial charge in [0.1, 0.15) is 12.7 Å². The Bertz CT molecular complexity index is 473. The molecule has 0 N–H and O–H groups in total. The van der Waals surface area contributed by atoms with Crippen molar-refractivity contribution in [2.24, 2.45) is 0 Å². The fraction of sp³-hybridized carbons (Fsp3) is 0.714. The molecule has 0 aromatic rings. The van der Waals surface area contributed by atoms with Crippen molar-refractivity contribution in [3.05, 3.63) is 0 Å². The Kier molecular flexibility index (Phi) is 6.95. The number of carbonyl (C=O) groups excluding carboxylic acids is 4. The normalized spacial score (nSPS) is 26.8. The Labute approximate surface area is 133 Å². The number of hydrogen-bond donors (Lipinski definition) is 0. The molecule has 130 valence electrons. The fourth-order valence-corrected chi connectivity index (χ4v) is 2.16. The van der Waals surface area contributed by atoms with Crippen LogP contribution in [0.3, 0.4) is 0 Å². The number of rotatable bonds is 5. The lowest BCUT2D eigenvalue weighted by Crippen LogP contribution is -2.58. The van der Waals surface area contributed by atoms with E-state index in [9.17, 15) is 19.2 Å². The summed E-state index contributed by atoms with van der Waals surface area (Å²) in [6.45, 7) is 4.46. The van der Waals surface area contributed by atoms with Crippen LogP contribution in [0, 0.1) is 0 Å². The Balaban J connectivity index is 2.98. The first kappa shape index (κ1) is 18.9. The molecular formula is C14H20O9. The molecule has 9 nitrogen and oxygen atoms in total. The molecule has 1 aliphatic heterocycles. The Morgan fingerprint density at radius 1 is 0.826 bits per heavy atom. The summed E-state index contributed by atoms with van der Waals surface area (Å²) in [6, 6.07) is 0. The summed E-state index contributed by atoms with van der Waals surface area (Å²) in [4.78, 5) is 44.8. The molecule has 1 saturated heterocycles.